The highest BCUT2D eigenvalue weighted by Gasteiger charge is 2.00. The maximum absolute atomic E-state index is 11.0. The summed E-state index contributed by atoms with van der Waals surface area (Å²) in [5.41, 5.74) is 4.43. The molecule has 1 aromatic heterocycles. The normalized spacial score (nSPS) is 10.8. The van der Waals surface area contributed by atoms with Gasteiger partial charge < -0.3 is 4.90 Å². The minimum Gasteiger partial charge on any atom is -0.372 e. The molecule has 0 saturated heterocycles. The van der Waals surface area contributed by atoms with Crippen molar-refractivity contribution in [1.29, 1.82) is 0 Å². The molecule has 0 spiro atoms. The van der Waals surface area contributed by atoms with Gasteiger partial charge in [0.1, 0.15) is 6.20 Å². The van der Waals surface area contributed by atoms with E-state index in [4.69, 9.17) is 0 Å². The fourth-order valence-electron chi connectivity index (χ4n) is 1.89. The SMILES string of the molecule is CCN(CC)c1ccc(/C=N\Nc2nncc(=O)[nH]2)cc1. The largest absolute Gasteiger partial charge is 0.372 e. The molecular formula is C14H18N6O. The zero-order valence-corrected chi connectivity index (χ0v) is 12.1. The van der Waals surface area contributed by atoms with E-state index in [1.807, 2.05) is 12.1 Å². The summed E-state index contributed by atoms with van der Waals surface area (Å²) in [6.45, 7) is 6.21. The summed E-state index contributed by atoms with van der Waals surface area (Å²) in [6, 6.07) is 8.08. The van der Waals surface area contributed by atoms with Crippen LogP contribution >= 0.6 is 0 Å². The number of hydrogen-bond donors (Lipinski definition) is 2. The fraction of sp³-hybridized carbons (Fsp3) is 0.286. The van der Waals surface area contributed by atoms with Gasteiger partial charge in [0.2, 0.25) is 5.95 Å². The highest BCUT2D eigenvalue weighted by molar-refractivity contribution is 5.80. The molecular weight excluding hydrogens is 268 g/mol. The molecule has 1 aromatic carbocycles. The van der Waals surface area contributed by atoms with Gasteiger partial charge in [0, 0.05) is 18.8 Å². The lowest BCUT2D eigenvalue weighted by atomic mass is 10.2. The molecule has 0 radical (unpaired) electrons. The summed E-state index contributed by atoms with van der Waals surface area (Å²) in [5.74, 6) is 0.207. The Morgan fingerprint density at radius 2 is 2.00 bits per heavy atom. The quantitative estimate of drug-likeness (QED) is 0.620. The maximum Gasteiger partial charge on any atom is 0.271 e. The second-order valence-electron chi connectivity index (χ2n) is 4.32. The van der Waals surface area contributed by atoms with Crippen molar-refractivity contribution in [3.8, 4) is 0 Å². The van der Waals surface area contributed by atoms with Gasteiger partial charge in [0.15, 0.2) is 0 Å². The second kappa shape index (κ2) is 7.18. The standard InChI is InChI=1S/C14H18N6O/c1-3-20(4-2)12-7-5-11(6-8-12)9-15-18-14-17-13(21)10-16-19-14/h5-10H,3-4H2,1-2H3,(H2,17,18,19,21)/b15-9-. The van der Waals surface area contributed by atoms with Crippen molar-refractivity contribution in [1.82, 2.24) is 15.2 Å². The molecule has 21 heavy (non-hydrogen) atoms. The number of aromatic amines is 1. The molecule has 0 saturated carbocycles. The topological polar surface area (TPSA) is 86.3 Å². The summed E-state index contributed by atoms with van der Waals surface area (Å²) in [5, 5.41) is 11.2. The number of hydrogen-bond acceptors (Lipinski definition) is 6. The van der Waals surface area contributed by atoms with Gasteiger partial charge >= 0.3 is 0 Å². The van der Waals surface area contributed by atoms with Gasteiger partial charge in [0.05, 0.1) is 6.21 Å². The first-order valence-electron chi connectivity index (χ1n) is 6.79. The third-order valence-electron chi connectivity index (χ3n) is 2.98. The highest BCUT2D eigenvalue weighted by atomic mass is 16.1. The lowest BCUT2D eigenvalue weighted by molar-refractivity contribution is 0.866. The number of anilines is 2. The zero-order valence-electron chi connectivity index (χ0n) is 12.1. The van der Waals surface area contributed by atoms with E-state index in [0.29, 0.717) is 0 Å². The molecule has 0 aliphatic heterocycles. The first-order chi connectivity index (χ1) is 10.2. The first-order valence-corrected chi connectivity index (χ1v) is 6.79. The number of hydrazone groups is 1. The third-order valence-corrected chi connectivity index (χ3v) is 2.98. The molecule has 0 unspecified atom stereocenters. The van der Waals surface area contributed by atoms with Crippen molar-refractivity contribution < 1.29 is 0 Å². The zero-order chi connectivity index (χ0) is 15.1. The second-order valence-corrected chi connectivity index (χ2v) is 4.32. The number of rotatable bonds is 6. The Balaban J connectivity index is 2.00. The van der Waals surface area contributed by atoms with Crippen molar-refractivity contribution in [2.75, 3.05) is 23.4 Å². The highest BCUT2D eigenvalue weighted by Crippen LogP contribution is 2.13. The Kier molecular flexibility index (Phi) is 5.03. The number of nitrogens with one attached hydrogen (secondary N) is 2. The Morgan fingerprint density at radius 3 is 2.62 bits per heavy atom. The summed E-state index contributed by atoms with van der Waals surface area (Å²) < 4.78 is 0. The lowest BCUT2D eigenvalue weighted by Crippen LogP contribution is -2.21. The van der Waals surface area contributed by atoms with Crippen LogP contribution < -0.4 is 15.9 Å². The molecule has 7 heteroatoms. The van der Waals surface area contributed by atoms with E-state index >= 15 is 0 Å². The van der Waals surface area contributed by atoms with Gasteiger partial charge in [-0.1, -0.05) is 12.1 Å². The van der Waals surface area contributed by atoms with E-state index in [0.717, 1.165) is 24.8 Å². The van der Waals surface area contributed by atoms with Gasteiger partial charge in [-0.05, 0) is 31.5 Å². The summed E-state index contributed by atoms with van der Waals surface area (Å²) in [4.78, 5) is 15.8. The van der Waals surface area contributed by atoms with Crippen molar-refractivity contribution in [3.63, 3.8) is 0 Å². The van der Waals surface area contributed by atoms with Crippen molar-refractivity contribution in [3.05, 3.63) is 46.4 Å². The fourth-order valence-corrected chi connectivity index (χ4v) is 1.89. The van der Waals surface area contributed by atoms with Gasteiger partial charge in [-0.15, -0.1) is 10.2 Å². The molecule has 2 rings (SSSR count). The Labute approximate surface area is 122 Å². The van der Waals surface area contributed by atoms with Gasteiger partial charge in [0.25, 0.3) is 5.56 Å². The van der Waals surface area contributed by atoms with E-state index in [1.54, 1.807) is 6.21 Å². The van der Waals surface area contributed by atoms with Gasteiger partial charge in [-0.2, -0.15) is 5.10 Å². The summed E-state index contributed by atoms with van der Waals surface area (Å²) in [6.07, 6.45) is 2.75. The number of H-pyrrole nitrogens is 1. The average Bonchev–Trinajstić information content (AvgIpc) is 2.50. The monoisotopic (exact) mass is 286 g/mol. The molecule has 0 atom stereocenters. The lowest BCUT2D eigenvalue weighted by Gasteiger charge is -2.20. The van der Waals surface area contributed by atoms with Crippen molar-refractivity contribution in [2.45, 2.75) is 13.8 Å². The van der Waals surface area contributed by atoms with Crippen LogP contribution in [0.15, 0.2) is 40.4 Å². The molecule has 0 bridgehead atoms. The van der Waals surface area contributed by atoms with Crippen LogP contribution in [0, 0.1) is 0 Å². The van der Waals surface area contributed by atoms with Crippen LogP contribution in [0.1, 0.15) is 19.4 Å². The molecule has 0 aliphatic carbocycles. The van der Waals surface area contributed by atoms with Crippen LogP contribution in [0.4, 0.5) is 11.6 Å². The molecule has 7 nitrogen and oxygen atoms in total. The van der Waals surface area contributed by atoms with E-state index in [-0.39, 0.29) is 11.5 Å². The van der Waals surface area contributed by atoms with Crippen LogP contribution in [0.5, 0.6) is 0 Å². The third kappa shape index (κ3) is 4.13. The smallest absolute Gasteiger partial charge is 0.271 e. The Hall–Kier alpha value is -2.70. The summed E-state index contributed by atoms with van der Waals surface area (Å²) >= 11 is 0. The van der Waals surface area contributed by atoms with Crippen LogP contribution in [-0.2, 0) is 0 Å². The van der Waals surface area contributed by atoms with E-state index < -0.39 is 0 Å². The number of benzene rings is 1. The Morgan fingerprint density at radius 1 is 1.29 bits per heavy atom. The molecule has 2 aromatic rings. The molecule has 0 fully saturated rings. The minimum absolute atomic E-state index is 0.207. The van der Waals surface area contributed by atoms with Crippen LogP contribution in [-0.4, -0.2) is 34.5 Å². The van der Waals surface area contributed by atoms with Crippen LogP contribution in [0.3, 0.4) is 0 Å². The molecule has 0 amide bonds. The van der Waals surface area contributed by atoms with Gasteiger partial charge in [-0.3, -0.25) is 9.78 Å². The minimum atomic E-state index is -0.328. The molecule has 110 valence electrons. The number of aromatic nitrogens is 3. The molecule has 2 N–H and O–H groups in total. The number of nitrogens with zero attached hydrogens (tertiary/aromatic N) is 4. The average molecular weight is 286 g/mol. The maximum atomic E-state index is 11.0. The van der Waals surface area contributed by atoms with Crippen LogP contribution in [0.25, 0.3) is 0 Å². The molecule has 1 heterocycles. The van der Waals surface area contributed by atoms with E-state index in [9.17, 15) is 4.79 Å². The predicted octanol–water partition coefficient (Wildman–Crippen LogP) is 1.46. The first kappa shape index (κ1) is 14.7. The van der Waals surface area contributed by atoms with Gasteiger partial charge in [-0.25, -0.2) is 5.43 Å². The van der Waals surface area contributed by atoms with E-state index in [1.165, 1.54) is 5.69 Å². The molecule has 0 aliphatic rings. The Bertz CT molecular complexity index is 645. The summed E-state index contributed by atoms with van der Waals surface area (Å²) in [7, 11) is 0. The van der Waals surface area contributed by atoms with E-state index in [2.05, 4.69) is 56.6 Å². The van der Waals surface area contributed by atoms with Crippen molar-refractivity contribution >= 4 is 17.9 Å². The van der Waals surface area contributed by atoms with Crippen molar-refractivity contribution in [2.24, 2.45) is 5.10 Å². The predicted molar refractivity (Wildman–Crippen MR) is 83.9 cm³/mol. The van der Waals surface area contributed by atoms with Crippen LogP contribution in [0.2, 0.25) is 0 Å².